The molecule has 4 unspecified atom stereocenters. The first-order valence-corrected chi connectivity index (χ1v) is 26.9. The van der Waals surface area contributed by atoms with Gasteiger partial charge < -0.3 is 64.2 Å². The molecule has 15 nitrogen and oxygen atoms in total. The van der Waals surface area contributed by atoms with Gasteiger partial charge in [0.05, 0.1) is 19.8 Å². The molecule has 0 saturated carbocycles. The number of esters is 2. The lowest BCUT2D eigenvalue weighted by Crippen LogP contribution is -2.61. The van der Waals surface area contributed by atoms with Crippen LogP contribution in [0, 0.1) is 0 Å². The molecule has 2 rings (SSSR count). The summed E-state index contributed by atoms with van der Waals surface area (Å²) in [6, 6.07) is 0. The summed E-state index contributed by atoms with van der Waals surface area (Å²) >= 11 is 0. The quantitative estimate of drug-likeness (QED) is 0.0175. The van der Waals surface area contributed by atoms with Crippen molar-refractivity contribution in [1.82, 2.24) is 0 Å². The van der Waals surface area contributed by atoms with Gasteiger partial charge in [0.25, 0.3) is 0 Å². The number of rotatable bonds is 41. The minimum absolute atomic E-state index is 0.135. The summed E-state index contributed by atoms with van der Waals surface area (Å²) < 4.78 is 33.6. The van der Waals surface area contributed by atoms with Crippen molar-refractivity contribution in [2.45, 2.75) is 248 Å². The van der Waals surface area contributed by atoms with Gasteiger partial charge in [0.2, 0.25) is 0 Å². The van der Waals surface area contributed by atoms with Crippen molar-refractivity contribution in [2.24, 2.45) is 0 Å². The number of carbonyl (C=O) groups excluding carboxylic acids is 2. The molecule has 0 radical (unpaired) electrons. The number of unbranched alkanes of at least 4 members (excludes halogenated alkanes) is 17. The fourth-order valence-corrected chi connectivity index (χ4v) is 8.02. The maximum absolute atomic E-state index is 13.0. The van der Waals surface area contributed by atoms with Crippen LogP contribution in [0.5, 0.6) is 0 Å². The lowest BCUT2D eigenvalue weighted by molar-refractivity contribution is -0.332. The molecule has 2 fully saturated rings. The maximum Gasteiger partial charge on any atom is 0.306 e. The predicted octanol–water partition coefficient (Wildman–Crippen LogP) is 8.05. The van der Waals surface area contributed by atoms with E-state index in [1.807, 2.05) is 0 Å². The summed E-state index contributed by atoms with van der Waals surface area (Å²) in [5, 5.41) is 72.1. The zero-order valence-electron chi connectivity index (χ0n) is 42.7. The van der Waals surface area contributed by atoms with Crippen LogP contribution >= 0.6 is 0 Å². The summed E-state index contributed by atoms with van der Waals surface area (Å²) in [5.74, 6) is -0.961. The molecule has 11 atom stereocenters. The highest BCUT2D eigenvalue weighted by Crippen LogP contribution is 2.26. The molecular formula is C55H94O15. The number of ether oxygens (including phenoxy) is 6. The Kier molecular flexibility index (Phi) is 37.7. The normalized spacial score (nSPS) is 25.8. The molecule has 0 amide bonds. The average Bonchev–Trinajstić information content (AvgIpc) is 3.35. The van der Waals surface area contributed by atoms with Gasteiger partial charge in [-0.1, -0.05) is 145 Å². The van der Waals surface area contributed by atoms with E-state index in [2.05, 4.69) is 74.6 Å². The van der Waals surface area contributed by atoms with Crippen LogP contribution in [0.1, 0.15) is 181 Å². The van der Waals surface area contributed by atoms with E-state index in [0.29, 0.717) is 12.8 Å². The van der Waals surface area contributed by atoms with Crippen LogP contribution in [-0.4, -0.2) is 142 Å². The summed E-state index contributed by atoms with van der Waals surface area (Å²) in [5.41, 5.74) is 0. The lowest BCUT2D eigenvalue weighted by atomic mass is 9.98. The molecule has 70 heavy (non-hydrogen) atoms. The minimum atomic E-state index is -1.77. The Balaban J connectivity index is 1.81. The van der Waals surface area contributed by atoms with Crippen molar-refractivity contribution in [3.63, 3.8) is 0 Å². The summed E-state index contributed by atoms with van der Waals surface area (Å²) in [7, 11) is 0. The third-order valence-electron chi connectivity index (χ3n) is 12.5. The average molecular weight is 995 g/mol. The molecule has 404 valence electrons. The topological polar surface area (TPSA) is 231 Å². The number of aliphatic hydroxyl groups excluding tert-OH is 7. The number of hydrogen-bond acceptors (Lipinski definition) is 15. The van der Waals surface area contributed by atoms with E-state index >= 15 is 0 Å². The van der Waals surface area contributed by atoms with E-state index in [4.69, 9.17) is 28.4 Å². The molecule has 15 heteroatoms. The molecule has 0 aromatic rings. The fourth-order valence-electron chi connectivity index (χ4n) is 8.02. The first-order chi connectivity index (χ1) is 34.0. The Morgan fingerprint density at radius 3 is 1.34 bits per heavy atom. The smallest absolute Gasteiger partial charge is 0.306 e. The maximum atomic E-state index is 13.0. The first-order valence-electron chi connectivity index (χ1n) is 26.9. The molecule has 0 aliphatic carbocycles. The van der Waals surface area contributed by atoms with Crippen molar-refractivity contribution >= 4 is 11.9 Å². The second kappa shape index (κ2) is 41.6. The van der Waals surface area contributed by atoms with Gasteiger partial charge in [0.1, 0.15) is 55.4 Å². The molecule has 0 bridgehead atoms. The van der Waals surface area contributed by atoms with Crippen molar-refractivity contribution in [3.8, 4) is 0 Å². The van der Waals surface area contributed by atoms with Crippen LogP contribution in [0.4, 0.5) is 0 Å². The minimum Gasteiger partial charge on any atom is -0.462 e. The highest BCUT2D eigenvalue weighted by Gasteiger charge is 2.47. The molecule has 2 aliphatic heterocycles. The molecule has 7 N–H and O–H groups in total. The SMILES string of the molecule is CCCCC/C=C/C/C=C/C/C=C/CCCCCCC(=O)O[C@@H](COC(=O)CCCCCCCCC/C=C/C/C=C/CCCCC)CO[C@@H]1O[C@H](CO[C@@H]2O[C@H](CO)[C@H](O)C(O)C2O)[C@H](O)C(O)C1O. The Bertz CT molecular complexity index is 1450. The van der Waals surface area contributed by atoms with Crippen LogP contribution in [0.15, 0.2) is 60.8 Å². The number of allylic oxidation sites excluding steroid dienone is 10. The molecular weight excluding hydrogens is 901 g/mol. The van der Waals surface area contributed by atoms with Crippen LogP contribution < -0.4 is 0 Å². The van der Waals surface area contributed by atoms with E-state index in [0.717, 1.165) is 83.5 Å². The summed E-state index contributed by atoms with van der Waals surface area (Å²) in [4.78, 5) is 25.8. The molecule has 0 aromatic heterocycles. The van der Waals surface area contributed by atoms with Gasteiger partial charge in [0.15, 0.2) is 18.7 Å². The number of carbonyl (C=O) groups is 2. The standard InChI is InChI=1S/C55H94O15/c1-3-5-7-9-11-13-15-17-19-21-23-25-27-29-31-33-35-37-46(57)65-40-43(68-47(58)38-36-34-32-30-28-26-24-22-20-18-16-14-12-10-8-6-4-2)41-66-54-53(64)51(62)49(60)45(70-54)42-67-55-52(63)50(61)48(59)44(39-56)69-55/h11-14,17-20,24,26,43-45,48-56,59-64H,3-10,15-16,21-23,25,27-42H2,1-2H3/b13-11+,14-12+,19-17+,20-18+,26-24+/t43-,44+,45+,48-,49-,50?,51?,52?,53?,54+,55+/m0/s1. The van der Waals surface area contributed by atoms with E-state index in [-0.39, 0.29) is 19.4 Å². The largest absolute Gasteiger partial charge is 0.462 e. The van der Waals surface area contributed by atoms with Crippen LogP contribution in [0.3, 0.4) is 0 Å². The van der Waals surface area contributed by atoms with Gasteiger partial charge in [-0.15, -0.1) is 0 Å². The Labute approximate surface area is 420 Å². The molecule has 0 spiro atoms. The van der Waals surface area contributed by atoms with E-state index in [1.165, 1.54) is 57.8 Å². The molecule has 2 aliphatic rings. The predicted molar refractivity (Wildman–Crippen MR) is 270 cm³/mol. The summed E-state index contributed by atoms with van der Waals surface area (Å²) in [6.45, 7) is 2.50. The van der Waals surface area contributed by atoms with Gasteiger partial charge in [-0.05, 0) is 83.5 Å². The third kappa shape index (κ3) is 29.0. The van der Waals surface area contributed by atoms with Crippen molar-refractivity contribution in [3.05, 3.63) is 60.8 Å². The highest BCUT2D eigenvalue weighted by atomic mass is 16.7. The lowest BCUT2D eigenvalue weighted by Gasteiger charge is -2.42. The molecule has 2 heterocycles. The number of aliphatic hydroxyl groups is 7. The van der Waals surface area contributed by atoms with Crippen LogP contribution in [0.25, 0.3) is 0 Å². The molecule has 0 aromatic carbocycles. The van der Waals surface area contributed by atoms with Gasteiger partial charge >= 0.3 is 11.9 Å². The summed E-state index contributed by atoms with van der Waals surface area (Å²) in [6.07, 6.45) is 30.9. The first kappa shape index (κ1) is 63.3. The van der Waals surface area contributed by atoms with E-state index in [1.54, 1.807) is 0 Å². The zero-order valence-corrected chi connectivity index (χ0v) is 42.7. The van der Waals surface area contributed by atoms with E-state index < -0.39 is 99.3 Å². The zero-order chi connectivity index (χ0) is 51.0. The van der Waals surface area contributed by atoms with Gasteiger partial charge in [-0.25, -0.2) is 0 Å². The van der Waals surface area contributed by atoms with Crippen molar-refractivity contribution in [2.75, 3.05) is 26.4 Å². The monoisotopic (exact) mass is 995 g/mol. The van der Waals surface area contributed by atoms with Gasteiger partial charge in [-0.2, -0.15) is 0 Å². The van der Waals surface area contributed by atoms with Crippen LogP contribution in [-0.2, 0) is 38.0 Å². The second-order valence-corrected chi connectivity index (χ2v) is 18.7. The Morgan fingerprint density at radius 2 is 0.857 bits per heavy atom. The highest BCUT2D eigenvalue weighted by molar-refractivity contribution is 5.70. The van der Waals surface area contributed by atoms with Crippen LogP contribution in [0.2, 0.25) is 0 Å². The second-order valence-electron chi connectivity index (χ2n) is 18.7. The Hall–Kier alpha value is -2.80. The van der Waals surface area contributed by atoms with Gasteiger partial charge in [0, 0.05) is 12.8 Å². The third-order valence-corrected chi connectivity index (χ3v) is 12.5. The van der Waals surface area contributed by atoms with Crippen molar-refractivity contribution in [1.29, 1.82) is 0 Å². The Morgan fingerprint density at radius 1 is 0.457 bits per heavy atom. The fraction of sp³-hybridized carbons (Fsp3) is 0.782. The van der Waals surface area contributed by atoms with E-state index in [9.17, 15) is 45.3 Å². The molecule has 2 saturated heterocycles. The van der Waals surface area contributed by atoms with Gasteiger partial charge in [-0.3, -0.25) is 9.59 Å². The number of hydrogen-bond donors (Lipinski definition) is 7. The van der Waals surface area contributed by atoms with Crippen molar-refractivity contribution < 1.29 is 73.8 Å².